The highest BCUT2D eigenvalue weighted by Gasteiger charge is 2.41. The van der Waals surface area contributed by atoms with E-state index in [1.54, 1.807) is 25.4 Å². The highest BCUT2D eigenvalue weighted by molar-refractivity contribution is 7.80. The van der Waals surface area contributed by atoms with E-state index in [0.29, 0.717) is 16.5 Å². The van der Waals surface area contributed by atoms with Crippen LogP contribution in [0.1, 0.15) is 48.1 Å². The lowest BCUT2D eigenvalue weighted by Crippen LogP contribution is -2.30. The molecule has 1 saturated heterocycles. The number of nitrogens with one attached hydrogen (secondary N) is 1. The molecular weight excluding hydrogens is 438 g/mol. The SMILES string of the molecule is CCCN1C(=S)N[C@H](c2ccccn2)[C@H]1c1cc(C)n(-c2cc([N+](=O)[O-])ccc2OC)c1C. The first-order valence-electron chi connectivity index (χ1n) is 10.9. The van der Waals surface area contributed by atoms with E-state index in [-0.39, 0.29) is 17.8 Å². The van der Waals surface area contributed by atoms with Gasteiger partial charge < -0.3 is 19.5 Å². The normalized spacial score (nSPS) is 17.8. The zero-order valence-corrected chi connectivity index (χ0v) is 19.9. The van der Waals surface area contributed by atoms with Crippen LogP contribution in [-0.4, -0.2) is 38.1 Å². The summed E-state index contributed by atoms with van der Waals surface area (Å²) in [5.41, 5.74) is 4.60. The smallest absolute Gasteiger partial charge is 0.271 e. The number of hydrogen-bond acceptors (Lipinski definition) is 5. The molecule has 172 valence electrons. The third kappa shape index (κ3) is 4.04. The van der Waals surface area contributed by atoms with E-state index < -0.39 is 4.92 Å². The Bertz CT molecular complexity index is 1190. The van der Waals surface area contributed by atoms with Gasteiger partial charge in [-0.15, -0.1) is 0 Å². The van der Waals surface area contributed by atoms with E-state index in [9.17, 15) is 10.1 Å². The van der Waals surface area contributed by atoms with Crippen molar-refractivity contribution >= 4 is 23.0 Å². The van der Waals surface area contributed by atoms with E-state index in [2.05, 4.69) is 28.2 Å². The molecule has 0 aliphatic carbocycles. The van der Waals surface area contributed by atoms with Crippen LogP contribution in [-0.2, 0) is 0 Å². The number of hydrogen-bond donors (Lipinski definition) is 1. The summed E-state index contributed by atoms with van der Waals surface area (Å²) in [6, 6.07) is 12.5. The van der Waals surface area contributed by atoms with Crippen molar-refractivity contribution in [3.63, 3.8) is 0 Å². The summed E-state index contributed by atoms with van der Waals surface area (Å²) < 4.78 is 7.57. The number of pyridine rings is 1. The lowest BCUT2D eigenvalue weighted by Gasteiger charge is -2.28. The number of non-ortho nitro benzene ring substituents is 1. The molecule has 2 aromatic heterocycles. The molecule has 0 spiro atoms. The molecule has 4 rings (SSSR count). The Labute approximate surface area is 198 Å². The van der Waals surface area contributed by atoms with Crippen molar-refractivity contribution in [1.82, 2.24) is 19.8 Å². The zero-order valence-electron chi connectivity index (χ0n) is 19.1. The van der Waals surface area contributed by atoms with Crippen LogP contribution in [0.15, 0.2) is 48.7 Å². The molecule has 0 bridgehead atoms. The molecule has 0 amide bonds. The average Bonchev–Trinajstić information content (AvgIpc) is 3.29. The fraction of sp³-hybridized carbons (Fsp3) is 0.333. The minimum absolute atomic E-state index is 0.0162. The Balaban J connectivity index is 1.88. The van der Waals surface area contributed by atoms with E-state index >= 15 is 0 Å². The number of thiocarbonyl (C=S) groups is 1. The number of methoxy groups -OCH3 is 1. The first-order valence-corrected chi connectivity index (χ1v) is 11.3. The predicted octanol–water partition coefficient (Wildman–Crippen LogP) is 4.79. The lowest BCUT2D eigenvalue weighted by molar-refractivity contribution is -0.384. The number of benzene rings is 1. The number of nitrogens with zero attached hydrogens (tertiary/aromatic N) is 4. The fourth-order valence-corrected chi connectivity index (χ4v) is 4.98. The molecule has 2 atom stereocenters. The van der Waals surface area contributed by atoms with Gasteiger partial charge in [-0.25, -0.2) is 0 Å². The molecule has 1 aliphatic heterocycles. The Morgan fingerprint density at radius 1 is 1.24 bits per heavy atom. The van der Waals surface area contributed by atoms with Crippen LogP contribution in [0.2, 0.25) is 0 Å². The number of aryl methyl sites for hydroxylation is 1. The van der Waals surface area contributed by atoms with Crippen LogP contribution in [0.5, 0.6) is 5.75 Å². The van der Waals surface area contributed by atoms with Crippen LogP contribution in [0.25, 0.3) is 5.69 Å². The molecule has 1 aromatic carbocycles. The Morgan fingerprint density at radius 3 is 2.67 bits per heavy atom. The van der Waals surface area contributed by atoms with Gasteiger partial charge in [-0.2, -0.15) is 0 Å². The van der Waals surface area contributed by atoms with E-state index in [0.717, 1.165) is 35.6 Å². The second-order valence-corrected chi connectivity index (χ2v) is 8.48. The summed E-state index contributed by atoms with van der Waals surface area (Å²) in [5, 5.41) is 15.6. The zero-order chi connectivity index (χ0) is 23.7. The summed E-state index contributed by atoms with van der Waals surface area (Å²) in [4.78, 5) is 17.9. The number of nitro groups is 1. The van der Waals surface area contributed by atoms with Crippen molar-refractivity contribution in [2.24, 2.45) is 0 Å². The van der Waals surface area contributed by atoms with Crippen LogP contribution >= 0.6 is 12.2 Å². The molecule has 1 N–H and O–H groups in total. The van der Waals surface area contributed by atoms with Gasteiger partial charge in [-0.05, 0) is 62.3 Å². The number of aromatic nitrogens is 2. The van der Waals surface area contributed by atoms with Gasteiger partial charge in [0, 0.05) is 36.3 Å². The van der Waals surface area contributed by atoms with Gasteiger partial charge in [-0.1, -0.05) is 13.0 Å². The van der Waals surface area contributed by atoms with Gasteiger partial charge in [0.15, 0.2) is 5.11 Å². The quantitative estimate of drug-likeness (QED) is 0.305. The van der Waals surface area contributed by atoms with Crippen LogP contribution in [0, 0.1) is 24.0 Å². The summed E-state index contributed by atoms with van der Waals surface area (Å²) in [7, 11) is 1.57. The molecule has 3 heterocycles. The van der Waals surface area contributed by atoms with Crippen molar-refractivity contribution in [1.29, 1.82) is 0 Å². The second kappa shape index (κ2) is 9.19. The summed E-state index contributed by atoms with van der Waals surface area (Å²) in [6.07, 6.45) is 2.74. The Kier molecular flexibility index (Phi) is 6.33. The average molecular weight is 466 g/mol. The highest BCUT2D eigenvalue weighted by Crippen LogP contribution is 2.42. The maximum Gasteiger partial charge on any atom is 0.271 e. The molecule has 8 nitrogen and oxygen atoms in total. The van der Waals surface area contributed by atoms with Gasteiger partial charge >= 0.3 is 0 Å². The minimum Gasteiger partial charge on any atom is -0.495 e. The van der Waals surface area contributed by atoms with E-state index in [1.165, 1.54) is 6.07 Å². The molecule has 1 fully saturated rings. The molecule has 1 aliphatic rings. The van der Waals surface area contributed by atoms with Crippen molar-refractivity contribution in [2.45, 2.75) is 39.3 Å². The van der Waals surface area contributed by atoms with Gasteiger partial charge in [0.1, 0.15) is 5.75 Å². The van der Waals surface area contributed by atoms with Gasteiger partial charge in [0.25, 0.3) is 5.69 Å². The molecule has 0 unspecified atom stereocenters. The number of nitro benzene ring substituents is 1. The molecular formula is C24H27N5O3S. The summed E-state index contributed by atoms with van der Waals surface area (Å²) in [6.45, 7) is 6.96. The molecule has 33 heavy (non-hydrogen) atoms. The molecule has 9 heteroatoms. The van der Waals surface area contributed by atoms with Gasteiger partial charge in [-0.3, -0.25) is 15.1 Å². The summed E-state index contributed by atoms with van der Waals surface area (Å²) in [5.74, 6) is 0.570. The van der Waals surface area contributed by atoms with Crippen molar-refractivity contribution in [2.75, 3.05) is 13.7 Å². The molecule has 3 aromatic rings. The van der Waals surface area contributed by atoms with Gasteiger partial charge in [0.2, 0.25) is 0 Å². The van der Waals surface area contributed by atoms with E-state index in [1.807, 2.05) is 36.6 Å². The molecule has 0 saturated carbocycles. The predicted molar refractivity (Wildman–Crippen MR) is 131 cm³/mol. The number of ether oxygens (including phenoxy) is 1. The van der Waals surface area contributed by atoms with Crippen molar-refractivity contribution in [3.05, 3.63) is 81.4 Å². The standard InChI is InChI=1S/C24H27N5O3S/c1-5-12-27-23(22(26-24(27)33)19-8-6-7-11-25-19)18-13-15(2)28(16(18)3)20-14-17(29(30)31)9-10-21(20)32-4/h6-11,13-14,22-23H,5,12H2,1-4H3,(H,26,33)/t22-,23-/m1/s1. The first-order chi connectivity index (χ1) is 15.9. The Hall–Kier alpha value is -3.46. The molecule has 0 radical (unpaired) electrons. The Morgan fingerprint density at radius 2 is 2.03 bits per heavy atom. The maximum atomic E-state index is 11.4. The van der Waals surface area contributed by atoms with Crippen LogP contribution in [0.4, 0.5) is 5.69 Å². The van der Waals surface area contributed by atoms with E-state index in [4.69, 9.17) is 17.0 Å². The van der Waals surface area contributed by atoms with Crippen LogP contribution < -0.4 is 10.1 Å². The third-order valence-electron chi connectivity index (χ3n) is 6.07. The summed E-state index contributed by atoms with van der Waals surface area (Å²) >= 11 is 5.71. The van der Waals surface area contributed by atoms with Crippen molar-refractivity contribution < 1.29 is 9.66 Å². The largest absolute Gasteiger partial charge is 0.495 e. The third-order valence-corrected chi connectivity index (χ3v) is 6.42. The highest BCUT2D eigenvalue weighted by atomic mass is 32.1. The fourth-order valence-electron chi connectivity index (χ4n) is 4.65. The van der Waals surface area contributed by atoms with Crippen LogP contribution in [0.3, 0.4) is 0 Å². The first kappa shape index (κ1) is 22.7. The minimum atomic E-state index is -0.391. The maximum absolute atomic E-state index is 11.4. The monoisotopic (exact) mass is 465 g/mol. The van der Waals surface area contributed by atoms with Gasteiger partial charge in [0.05, 0.1) is 35.5 Å². The number of rotatable bonds is 7. The second-order valence-electron chi connectivity index (χ2n) is 8.10. The van der Waals surface area contributed by atoms with Crippen molar-refractivity contribution in [3.8, 4) is 11.4 Å². The topological polar surface area (TPSA) is 85.5 Å². The lowest BCUT2D eigenvalue weighted by atomic mass is 9.96.